The molecule has 0 spiro atoms. The minimum absolute atomic E-state index is 0.162. The fourth-order valence-corrected chi connectivity index (χ4v) is 3.42. The van der Waals surface area contributed by atoms with Crippen molar-refractivity contribution in [1.29, 1.82) is 0 Å². The molecule has 0 radical (unpaired) electrons. The molecule has 4 aromatic rings. The first-order valence-electron chi connectivity index (χ1n) is 10.3. The second-order valence-electron chi connectivity index (χ2n) is 7.53. The zero-order valence-electron chi connectivity index (χ0n) is 17.9. The number of nitrogens with one attached hydrogen (secondary N) is 1. The third-order valence-corrected chi connectivity index (χ3v) is 5.17. The Morgan fingerprint density at radius 3 is 2.82 bits per heavy atom. The quantitative estimate of drug-likeness (QED) is 0.482. The lowest BCUT2D eigenvalue weighted by Gasteiger charge is -2.17. The summed E-state index contributed by atoms with van der Waals surface area (Å²) in [6.45, 7) is 3.58. The Hall–Kier alpha value is -4.21. The molecule has 2 aromatic heterocycles. The molecule has 3 heterocycles. The van der Waals surface area contributed by atoms with Gasteiger partial charge in [0.1, 0.15) is 17.9 Å². The molecule has 168 valence electrons. The van der Waals surface area contributed by atoms with Crippen molar-refractivity contribution in [3.63, 3.8) is 0 Å². The van der Waals surface area contributed by atoms with Gasteiger partial charge in [0, 0.05) is 17.7 Å². The van der Waals surface area contributed by atoms with E-state index in [0.717, 1.165) is 0 Å². The van der Waals surface area contributed by atoms with Crippen molar-refractivity contribution < 1.29 is 23.4 Å². The van der Waals surface area contributed by atoms with Crippen LogP contribution in [0.2, 0.25) is 0 Å². The Kier molecular flexibility index (Phi) is 5.25. The first-order valence-corrected chi connectivity index (χ1v) is 10.3. The van der Waals surface area contributed by atoms with E-state index >= 15 is 0 Å². The van der Waals surface area contributed by atoms with Crippen molar-refractivity contribution in [3.05, 3.63) is 66.5 Å². The van der Waals surface area contributed by atoms with E-state index in [2.05, 4.69) is 20.4 Å². The zero-order valence-corrected chi connectivity index (χ0v) is 17.9. The molecule has 0 bridgehead atoms. The molecule has 9 nitrogen and oxygen atoms in total. The molecule has 0 saturated heterocycles. The van der Waals surface area contributed by atoms with E-state index in [9.17, 15) is 9.18 Å². The number of nitrogens with zero attached hydrogens (tertiary/aromatic N) is 4. The summed E-state index contributed by atoms with van der Waals surface area (Å²) < 4.78 is 31.9. The molecule has 2 aromatic carbocycles. The summed E-state index contributed by atoms with van der Waals surface area (Å²) in [5.41, 5.74) is 1.31. The average Bonchev–Trinajstić information content (AvgIpc) is 3.45. The van der Waals surface area contributed by atoms with Crippen LogP contribution in [0.1, 0.15) is 25.7 Å². The van der Waals surface area contributed by atoms with Gasteiger partial charge in [0.25, 0.3) is 5.91 Å². The van der Waals surface area contributed by atoms with E-state index in [0.29, 0.717) is 40.0 Å². The van der Waals surface area contributed by atoms with Gasteiger partial charge in [-0.1, -0.05) is 12.1 Å². The lowest BCUT2D eigenvalue weighted by molar-refractivity contribution is -0.128. The van der Waals surface area contributed by atoms with Crippen LogP contribution in [-0.4, -0.2) is 38.4 Å². The largest absolute Gasteiger partial charge is 0.481 e. The highest BCUT2D eigenvalue weighted by Crippen LogP contribution is 2.35. The number of fused-ring (bicyclic) bond motifs is 2. The zero-order chi connectivity index (χ0) is 22.9. The van der Waals surface area contributed by atoms with Gasteiger partial charge in [0.2, 0.25) is 6.79 Å². The van der Waals surface area contributed by atoms with Gasteiger partial charge in [0.15, 0.2) is 29.1 Å². The highest BCUT2D eigenvalue weighted by atomic mass is 19.1. The van der Waals surface area contributed by atoms with Gasteiger partial charge < -0.3 is 19.5 Å². The predicted molar refractivity (Wildman–Crippen MR) is 115 cm³/mol. The monoisotopic (exact) mass is 449 g/mol. The average molecular weight is 449 g/mol. The Morgan fingerprint density at radius 2 is 1.97 bits per heavy atom. The molecule has 10 heteroatoms. The van der Waals surface area contributed by atoms with Gasteiger partial charge >= 0.3 is 0 Å². The van der Waals surface area contributed by atoms with Crippen LogP contribution in [0.15, 0.2) is 54.9 Å². The Balaban J connectivity index is 1.27. The molecule has 1 aliphatic rings. The van der Waals surface area contributed by atoms with Crippen molar-refractivity contribution in [2.24, 2.45) is 0 Å². The lowest BCUT2D eigenvalue weighted by atomic mass is 10.1. The third kappa shape index (κ3) is 4.14. The number of aromatic nitrogens is 4. The van der Waals surface area contributed by atoms with Gasteiger partial charge in [-0.05, 0) is 38.1 Å². The fourth-order valence-electron chi connectivity index (χ4n) is 3.42. The van der Waals surface area contributed by atoms with Crippen LogP contribution in [0.5, 0.6) is 17.2 Å². The molecular weight excluding hydrogens is 429 g/mol. The lowest BCUT2D eigenvalue weighted by Crippen LogP contribution is -2.38. The smallest absolute Gasteiger partial charge is 0.261 e. The van der Waals surface area contributed by atoms with E-state index < -0.39 is 12.1 Å². The summed E-state index contributed by atoms with van der Waals surface area (Å²) in [5.74, 6) is 1.40. The fraction of sp³-hybridized carbons (Fsp3) is 0.217. The van der Waals surface area contributed by atoms with Crippen LogP contribution < -0.4 is 19.5 Å². The van der Waals surface area contributed by atoms with Gasteiger partial charge in [0.05, 0.1) is 11.7 Å². The molecule has 1 N–H and O–H groups in total. The standard InChI is InChI=1S/C23H20FN5O4/c1-13(26-23(30)14(2)33-15-7-8-19-20(9-15)32-12-31-19)22-27-21-10-18(25-11-29(21)28-22)16-5-3-4-6-17(16)24/h3-11,13-14H,12H2,1-2H3,(H,26,30)/t13-,14?/m0/s1. The Morgan fingerprint density at radius 1 is 1.15 bits per heavy atom. The maximum absolute atomic E-state index is 14.1. The molecule has 1 amide bonds. The summed E-state index contributed by atoms with van der Waals surface area (Å²) >= 11 is 0. The minimum atomic E-state index is -0.765. The van der Waals surface area contributed by atoms with Crippen LogP contribution in [0.4, 0.5) is 4.39 Å². The van der Waals surface area contributed by atoms with E-state index in [-0.39, 0.29) is 18.5 Å². The summed E-state index contributed by atoms with van der Waals surface area (Å²) in [4.78, 5) is 21.4. The number of carbonyl (C=O) groups excluding carboxylic acids is 1. The highest BCUT2D eigenvalue weighted by Gasteiger charge is 2.22. The van der Waals surface area contributed by atoms with E-state index in [1.54, 1.807) is 56.3 Å². The second-order valence-corrected chi connectivity index (χ2v) is 7.53. The SMILES string of the molecule is CC(Oc1ccc2c(c1)OCO2)C(=O)N[C@@H](C)c1nc2cc(-c3ccccc3F)ncn2n1. The van der Waals surface area contributed by atoms with Crippen LogP contribution in [-0.2, 0) is 4.79 Å². The van der Waals surface area contributed by atoms with Gasteiger partial charge in [-0.2, -0.15) is 0 Å². The third-order valence-electron chi connectivity index (χ3n) is 5.17. The van der Waals surface area contributed by atoms with Gasteiger partial charge in [-0.3, -0.25) is 4.79 Å². The molecular formula is C23H20FN5O4. The maximum Gasteiger partial charge on any atom is 0.261 e. The predicted octanol–water partition coefficient (Wildman–Crippen LogP) is 3.30. The molecule has 0 saturated carbocycles. The number of ether oxygens (including phenoxy) is 3. The molecule has 0 fully saturated rings. The first kappa shape index (κ1) is 20.7. The van der Waals surface area contributed by atoms with Crippen molar-refractivity contribution in [2.45, 2.75) is 26.0 Å². The van der Waals surface area contributed by atoms with Crippen molar-refractivity contribution in [3.8, 4) is 28.5 Å². The van der Waals surface area contributed by atoms with E-state index in [1.807, 2.05) is 0 Å². The van der Waals surface area contributed by atoms with E-state index in [1.165, 1.54) is 16.9 Å². The number of rotatable bonds is 6. The van der Waals surface area contributed by atoms with Crippen molar-refractivity contribution >= 4 is 11.6 Å². The minimum Gasteiger partial charge on any atom is -0.481 e. The number of benzene rings is 2. The van der Waals surface area contributed by atoms with Gasteiger partial charge in [-0.25, -0.2) is 18.9 Å². The molecule has 2 atom stereocenters. The summed E-state index contributed by atoms with van der Waals surface area (Å²) in [7, 11) is 0. The molecule has 1 aliphatic heterocycles. The number of carbonyl (C=O) groups is 1. The number of hydrogen-bond donors (Lipinski definition) is 1. The molecule has 0 aliphatic carbocycles. The number of halogens is 1. The van der Waals surface area contributed by atoms with Gasteiger partial charge in [-0.15, -0.1) is 5.10 Å². The Labute approximate surface area is 188 Å². The normalized spacial score (nSPS) is 14.2. The Bertz CT molecular complexity index is 1340. The molecule has 5 rings (SSSR count). The van der Waals surface area contributed by atoms with Crippen LogP contribution in [0.3, 0.4) is 0 Å². The molecule has 33 heavy (non-hydrogen) atoms. The number of hydrogen-bond acceptors (Lipinski definition) is 7. The van der Waals surface area contributed by atoms with Crippen LogP contribution in [0.25, 0.3) is 16.9 Å². The topological polar surface area (TPSA) is 99.9 Å². The summed E-state index contributed by atoms with van der Waals surface area (Å²) in [6.07, 6.45) is 0.701. The maximum atomic E-state index is 14.1. The highest BCUT2D eigenvalue weighted by molar-refractivity contribution is 5.81. The van der Waals surface area contributed by atoms with Crippen LogP contribution in [0, 0.1) is 5.82 Å². The summed E-state index contributed by atoms with van der Waals surface area (Å²) in [6, 6.07) is 12.7. The van der Waals surface area contributed by atoms with Crippen LogP contribution >= 0.6 is 0 Å². The molecule has 1 unspecified atom stereocenters. The van der Waals surface area contributed by atoms with E-state index in [4.69, 9.17) is 14.2 Å². The number of amides is 1. The first-order chi connectivity index (χ1) is 16.0. The second kappa shape index (κ2) is 8.38. The van der Waals surface area contributed by atoms with Crippen molar-refractivity contribution in [2.75, 3.05) is 6.79 Å². The van der Waals surface area contributed by atoms with Crippen molar-refractivity contribution in [1.82, 2.24) is 24.9 Å². The summed E-state index contributed by atoms with van der Waals surface area (Å²) in [5, 5.41) is 7.22.